The molecule has 0 radical (unpaired) electrons. The number of amides is 1. The lowest BCUT2D eigenvalue weighted by molar-refractivity contribution is 0.137. The van der Waals surface area contributed by atoms with Gasteiger partial charge in [0.15, 0.2) is 0 Å². The second kappa shape index (κ2) is 4.22. The zero-order valence-electron chi connectivity index (χ0n) is 9.88. The first-order chi connectivity index (χ1) is 8.54. The molecule has 3 heterocycles. The fraction of sp³-hybridized carbons (Fsp3) is 0.545. The maximum Gasteiger partial charge on any atom is 0.407 e. The van der Waals surface area contributed by atoms with Crippen LogP contribution < -0.4 is 4.90 Å². The van der Waals surface area contributed by atoms with Gasteiger partial charge in [0.1, 0.15) is 15.3 Å². The molecule has 0 saturated carbocycles. The zero-order chi connectivity index (χ0) is 12.9. The molecule has 0 aliphatic carbocycles. The van der Waals surface area contributed by atoms with E-state index in [0.717, 1.165) is 28.3 Å². The van der Waals surface area contributed by atoms with Crippen LogP contribution >= 0.6 is 22.6 Å². The molecule has 0 aromatic carbocycles. The Labute approximate surface area is 118 Å². The van der Waals surface area contributed by atoms with Gasteiger partial charge in [-0.2, -0.15) is 0 Å². The second-order valence-corrected chi connectivity index (χ2v) is 5.83. The Bertz CT molecular complexity index is 490. The van der Waals surface area contributed by atoms with E-state index in [4.69, 9.17) is 5.11 Å². The Kier molecular flexibility index (Phi) is 2.80. The number of fused-ring (bicyclic) bond motifs is 2. The van der Waals surface area contributed by atoms with Gasteiger partial charge in [-0.1, -0.05) is 0 Å². The molecule has 1 aromatic heterocycles. The SMILES string of the molecule is Cc1nc(I)cc(N2C[C@@H]3C[C@H]2CN3C(=O)O)n1. The van der Waals surface area contributed by atoms with Crippen molar-refractivity contribution in [1.82, 2.24) is 14.9 Å². The standard InChI is InChI=1S/C11H13IN4O2/c1-6-13-9(12)3-10(14-6)15-4-8-2-7(15)5-16(8)11(17)18/h3,7-8H,2,4-5H2,1H3,(H,17,18)/t7-,8-/m0/s1. The van der Waals surface area contributed by atoms with Crippen LogP contribution in [0.15, 0.2) is 6.07 Å². The van der Waals surface area contributed by atoms with Crippen LogP contribution in [0.3, 0.4) is 0 Å². The molecule has 2 bridgehead atoms. The van der Waals surface area contributed by atoms with Gasteiger partial charge in [-0.15, -0.1) is 0 Å². The summed E-state index contributed by atoms with van der Waals surface area (Å²) in [5, 5.41) is 9.06. The summed E-state index contributed by atoms with van der Waals surface area (Å²) in [7, 11) is 0. The van der Waals surface area contributed by atoms with E-state index in [2.05, 4.69) is 37.5 Å². The molecule has 0 unspecified atom stereocenters. The number of rotatable bonds is 1. The molecule has 2 fully saturated rings. The van der Waals surface area contributed by atoms with Crippen LogP contribution in [0, 0.1) is 10.6 Å². The lowest BCUT2D eigenvalue weighted by atomic mass is 10.2. The first-order valence-electron chi connectivity index (χ1n) is 5.82. The van der Waals surface area contributed by atoms with Crippen LogP contribution in [0.1, 0.15) is 12.2 Å². The molecule has 2 aliphatic rings. The number of hydrogen-bond acceptors (Lipinski definition) is 4. The second-order valence-electron chi connectivity index (χ2n) is 4.73. The van der Waals surface area contributed by atoms with E-state index >= 15 is 0 Å². The summed E-state index contributed by atoms with van der Waals surface area (Å²) >= 11 is 2.18. The summed E-state index contributed by atoms with van der Waals surface area (Å²) in [5.41, 5.74) is 0. The summed E-state index contributed by atoms with van der Waals surface area (Å²) < 4.78 is 0.924. The van der Waals surface area contributed by atoms with E-state index in [9.17, 15) is 4.79 Å². The van der Waals surface area contributed by atoms with E-state index in [-0.39, 0.29) is 12.1 Å². The Balaban J connectivity index is 1.83. The Morgan fingerprint density at radius 3 is 2.78 bits per heavy atom. The summed E-state index contributed by atoms with van der Waals surface area (Å²) in [4.78, 5) is 23.5. The number of nitrogens with zero attached hydrogens (tertiary/aromatic N) is 4. The molecule has 1 amide bonds. The van der Waals surface area contributed by atoms with Crippen LogP contribution in [-0.4, -0.2) is 51.2 Å². The number of piperazine rings is 1. The van der Waals surface area contributed by atoms with E-state index in [1.54, 1.807) is 4.90 Å². The van der Waals surface area contributed by atoms with Crippen molar-refractivity contribution in [2.24, 2.45) is 0 Å². The predicted molar refractivity (Wildman–Crippen MR) is 73.8 cm³/mol. The topological polar surface area (TPSA) is 69.6 Å². The van der Waals surface area contributed by atoms with Crippen molar-refractivity contribution in [2.45, 2.75) is 25.4 Å². The molecule has 0 spiro atoms. The smallest absolute Gasteiger partial charge is 0.407 e. The third kappa shape index (κ3) is 1.90. The third-order valence-electron chi connectivity index (χ3n) is 3.57. The Hall–Kier alpha value is -1.12. The van der Waals surface area contributed by atoms with Crippen molar-refractivity contribution in [3.05, 3.63) is 15.6 Å². The maximum atomic E-state index is 11.0. The van der Waals surface area contributed by atoms with Crippen molar-refractivity contribution in [3.8, 4) is 0 Å². The molecule has 2 aliphatic heterocycles. The quantitative estimate of drug-likeness (QED) is 0.605. The Morgan fingerprint density at radius 2 is 2.22 bits per heavy atom. The van der Waals surface area contributed by atoms with Gasteiger partial charge in [-0.25, -0.2) is 14.8 Å². The van der Waals surface area contributed by atoms with E-state index in [1.165, 1.54) is 0 Å². The highest BCUT2D eigenvalue weighted by atomic mass is 127. The number of halogens is 1. The van der Waals surface area contributed by atoms with Crippen LogP contribution in [-0.2, 0) is 0 Å². The summed E-state index contributed by atoms with van der Waals surface area (Å²) in [6, 6.07) is 2.33. The average Bonchev–Trinajstić information content (AvgIpc) is 2.86. The minimum Gasteiger partial charge on any atom is -0.465 e. The molecule has 2 atom stereocenters. The normalized spacial score (nSPS) is 25.9. The fourth-order valence-electron chi connectivity index (χ4n) is 2.85. The molecule has 6 nitrogen and oxygen atoms in total. The van der Waals surface area contributed by atoms with Crippen LogP contribution in [0.25, 0.3) is 0 Å². The number of aryl methyl sites for hydroxylation is 1. The average molecular weight is 360 g/mol. The first kappa shape index (κ1) is 11.9. The van der Waals surface area contributed by atoms with Crippen molar-refractivity contribution in [1.29, 1.82) is 0 Å². The van der Waals surface area contributed by atoms with E-state index in [0.29, 0.717) is 6.54 Å². The number of aromatic nitrogens is 2. The fourth-order valence-corrected chi connectivity index (χ4v) is 3.47. The zero-order valence-corrected chi connectivity index (χ0v) is 12.0. The first-order valence-corrected chi connectivity index (χ1v) is 6.90. The van der Waals surface area contributed by atoms with Gasteiger partial charge in [0.2, 0.25) is 0 Å². The lowest BCUT2D eigenvalue weighted by Gasteiger charge is -2.33. The highest BCUT2D eigenvalue weighted by molar-refractivity contribution is 14.1. The van der Waals surface area contributed by atoms with Crippen LogP contribution in [0.4, 0.5) is 10.6 Å². The minimum atomic E-state index is -0.810. The maximum absolute atomic E-state index is 11.0. The van der Waals surface area contributed by atoms with Crippen molar-refractivity contribution in [2.75, 3.05) is 18.0 Å². The van der Waals surface area contributed by atoms with Crippen molar-refractivity contribution >= 4 is 34.5 Å². The number of carbonyl (C=O) groups is 1. The molecule has 2 saturated heterocycles. The molecule has 7 heteroatoms. The van der Waals surface area contributed by atoms with Gasteiger partial charge in [0, 0.05) is 19.2 Å². The molecule has 1 N–H and O–H groups in total. The number of anilines is 1. The van der Waals surface area contributed by atoms with Gasteiger partial charge in [-0.3, -0.25) is 0 Å². The summed E-state index contributed by atoms with van der Waals surface area (Å²) in [5.74, 6) is 1.68. The molecular formula is C11H13IN4O2. The van der Waals surface area contributed by atoms with E-state index < -0.39 is 6.09 Å². The highest BCUT2D eigenvalue weighted by Gasteiger charge is 2.45. The van der Waals surface area contributed by atoms with Gasteiger partial charge in [-0.05, 0) is 35.9 Å². The summed E-state index contributed by atoms with van der Waals surface area (Å²) in [6.07, 6.45) is 0.0990. The molecule has 3 rings (SSSR count). The van der Waals surface area contributed by atoms with Crippen LogP contribution in [0.2, 0.25) is 0 Å². The molecule has 96 valence electrons. The minimum absolute atomic E-state index is 0.112. The number of carboxylic acid groups (broad SMARTS) is 1. The third-order valence-corrected chi connectivity index (χ3v) is 4.13. The lowest BCUT2D eigenvalue weighted by Crippen LogP contribution is -2.48. The van der Waals surface area contributed by atoms with Gasteiger partial charge in [0.25, 0.3) is 0 Å². The van der Waals surface area contributed by atoms with Gasteiger partial charge >= 0.3 is 6.09 Å². The summed E-state index contributed by atoms with van der Waals surface area (Å²) in [6.45, 7) is 3.20. The van der Waals surface area contributed by atoms with Gasteiger partial charge < -0.3 is 14.9 Å². The molecule has 18 heavy (non-hydrogen) atoms. The molecular weight excluding hydrogens is 347 g/mol. The molecule has 1 aromatic rings. The van der Waals surface area contributed by atoms with E-state index in [1.807, 2.05) is 13.0 Å². The van der Waals surface area contributed by atoms with Crippen molar-refractivity contribution < 1.29 is 9.90 Å². The Morgan fingerprint density at radius 1 is 1.44 bits per heavy atom. The van der Waals surface area contributed by atoms with Crippen LogP contribution in [0.5, 0.6) is 0 Å². The van der Waals surface area contributed by atoms with Crippen molar-refractivity contribution in [3.63, 3.8) is 0 Å². The number of likely N-dealkylation sites (tertiary alicyclic amines) is 1. The largest absolute Gasteiger partial charge is 0.465 e. The highest BCUT2D eigenvalue weighted by Crippen LogP contribution is 2.33. The monoisotopic (exact) mass is 360 g/mol. The predicted octanol–water partition coefficient (Wildman–Crippen LogP) is 1.33. The number of hydrogen-bond donors (Lipinski definition) is 1. The van der Waals surface area contributed by atoms with Gasteiger partial charge in [0.05, 0.1) is 12.1 Å².